The lowest BCUT2D eigenvalue weighted by Gasteiger charge is -2.08. The molecule has 2 aromatic rings. The smallest absolute Gasteiger partial charge is 0.311 e. The lowest BCUT2D eigenvalue weighted by molar-refractivity contribution is -0.136. The van der Waals surface area contributed by atoms with E-state index in [0.29, 0.717) is 12.4 Å². The van der Waals surface area contributed by atoms with Crippen LogP contribution in [0.4, 0.5) is 0 Å². The van der Waals surface area contributed by atoms with Crippen molar-refractivity contribution in [1.82, 2.24) is 9.55 Å². The molecule has 5 heteroatoms. The molecular weight excluding hydrogens is 268 g/mol. The van der Waals surface area contributed by atoms with E-state index < -0.39 is 5.97 Å². The number of carboxylic acids is 1. The quantitative estimate of drug-likeness (QED) is 0.810. The Hall–Kier alpha value is -2.04. The number of aromatic nitrogens is 2. The van der Waals surface area contributed by atoms with Crippen LogP contribution in [-0.4, -0.2) is 27.2 Å². The summed E-state index contributed by atoms with van der Waals surface area (Å²) in [4.78, 5) is 15.5. The van der Waals surface area contributed by atoms with Crippen molar-refractivity contribution in [2.45, 2.75) is 46.1 Å². The number of imidazole rings is 1. The van der Waals surface area contributed by atoms with E-state index in [1.165, 1.54) is 0 Å². The highest BCUT2D eigenvalue weighted by molar-refractivity contribution is 5.79. The third-order valence-electron chi connectivity index (χ3n) is 3.32. The Morgan fingerprint density at radius 2 is 2.14 bits per heavy atom. The van der Waals surface area contributed by atoms with Crippen LogP contribution in [0.5, 0.6) is 5.75 Å². The van der Waals surface area contributed by atoms with E-state index in [-0.39, 0.29) is 6.42 Å². The second-order valence-electron chi connectivity index (χ2n) is 5.10. The topological polar surface area (TPSA) is 64.4 Å². The van der Waals surface area contributed by atoms with Gasteiger partial charge in [0.1, 0.15) is 18.0 Å². The fraction of sp³-hybridized carbons (Fsp3) is 0.500. The number of benzene rings is 1. The summed E-state index contributed by atoms with van der Waals surface area (Å²) in [7, 11) is 0. The largest absolute Gasteiger partial charge is 0.494 e. The SMILES string of the molecule is CCCCn1c(CC(=O)O)nc2cc(OCCC)ccc21. The van der Waals surface area contributed by atoms with Gasteiger partial charge in [-0.25, -0.2) is 4.98 Å². The maximum Gasteiger partial charge on any atom is 0.311 e. The molecule has 0 aliphatic rings. The van der Waals surface area contributed by atoms with Gasteiger partial charge in [0.05, 0.1) is 17.6 Å². The second-order valence-corrected chi connectivity index (χ2v) is 5.10. The average molecular weight is 290 g/mol. The number of hydrogen-bond donors (Lipinski definition) is 1. The fourth-order valence-corrected chi connectivity index (χ4v) is 2.31. The molecule has 0 unspecified atom stereocenters. The maximum absolute atomic E-state index is 11.0. The molecule has 0 atom stereocenters. The number of carboxylic acid groups (broad SMARTS) is 1. The summed E-state index contributed by atoms with van der Waals surface area (Å²) in [5, 5.41) is 9.03. The zero-order chi connectivity index (χ0) is 15.2. The van der Waals surface area contributed by atoms with Crippen molar-refractivity contribution >= 4 is 17.0 Å². The van der Waals surface area contributed by atoms with Gasteiger partial charge in [-0.15, -0.1) is 0 Å². The molecule has 5 nitrogen and oxygen atoms in total. The van der Waals surface area contributed by atoms with Crippen molar-refractivity contribution in [2.24, 2.45) is 0 Å². The van der Waals surface area contributed by atoms with Crippen molar-refractivity contribution < 1.29 is 14.6 Å². The van der Waals surface area contributed by atoms with E-state index in [9.17, 15) is 4.79 Å². The molecule has 1 N–H and O–H groups in total. The predicted molar refractivity (Wildman–Crippen MR) is 81.8 cm³/mol. The normalized spacial score (nSPS) is 11.0. The molecule has 0 saturated carbocycles. The van der Waals surface area contributed by atoms with Crippen LogP contribution in [0.15, 0.2) is 18.2 Å². The predicted octanol–water partition coefficient (Wildman–Crippen LogP) is 3.25. The lowest BCUT2D eigenvalue weighted by Crippen LogP contribution is -2.09. The fourth-order valence-electron chi connectivity index (χ4n) is 2.31. The Kier molecular flexibility index (Phi) is 5.20. The van der Waals surface area contributed by atoms with Crippen molar-refractivity contribution in [2.75, 3.05) is 6.61 Å². The third-order valence-corrected chi connectivity index (χ3v) is 3.32. The van der Waals surface area contributed by atoms with E-state index in [4.69, 9.17) is 9.84 Å². The van der Waals surface area contributed by atoms with Gasteiger partial charge in [0.2, 0.25) is 0 Å². The van der Waals surface area contributed by atoms with Crippen LogP contribution in [0.2, 0.25) is 0 Å². The molecule has 1 aromatic carbocycles. The number of ether oxygens (including phenoxy) is 1. The number of carbonyl (C=O) groups is 1. The summed E-state index contributed by atoms with van der Waals surface area (Å²) in [6, 6.07) is 5.78. The summed E-state index contributed by atoms with van der Waals surface area (Å²) in [5.41, 5.74) is 1.78. The molecular formula is C16H22N2O3. The second kappa shape index (κ2) is 7.11. The Morgan fingerprint density at radius 3 is 2.81 bits per heavy atom. The highest BCUT2D eigenvalue weighted by Crippen LogP contribution is 2.23. The summed E-state index contributed by atoms with van der Waals surface area (Å²) < 4.78 is 7.62. The van der Waals surface area contributed by atoms with Gasteiger partial charge in [0, 0.05) is 12.6 Å². The molecule has 0 aliphatic heterocycles. The number of fused-ring (bicyclic) bond motifs is 1. The van der Waals surface area contributed by atoms with Gasteiger partial charge in [0.25, 0.3) is 0 Å². The van der Waals surface area contributed by atoms with Crippen molar-refractivity contribution in [1.29, 1.82) is 0 Å². The average Bonchev–Trinajstić information content (AvgIpc) is 2.78. The molecule has 1 heterocycles. The molecule has 0 fully saturated rings. The van der Waals surface area contributed by atoms with Crippen molar-refractivity contribution in [3.05, 3.63) is 24.0 Å². The number of rotatable bonds is 8. The van der Waals surface area contributed by atoms with Gasteiger partial charge in [-0.05, 0) is 25.0 Å². The van der Waals surface area contributed by atoms with Crippen LogP contribution in [0.25, 0.3) is 11.0 Å². The minimum atomic E-state index is -0.856. The summed E-state index contributed by atoms with van der Waals surface area (Å²) in [5.74, 6) is 0.537. The van der Waals surface area contributed by atoms with Crippen molar-refractivity contribution in [3.63, 3.8) is 0 Å². The molecule has 21 heavy (non-hydrogen) atoms. The molecule has 2 rings (SSSR count). The van der Waals surface area contributed by atoms with Crippen LogP contribution in [-0.2, 0) is 17.8 Å². The first-order chi connectivity index (χ1) is 10.2. The first kappa shape index (κ1) is 15.4. The molecule has 0 bridgehead atoms. The number of hydrogen-bond acceptors (Lipinski definition) is 3. The van der Waals surface area contributed by atoms with Gasteiger partial charge in [-0.3, -0.25) is 4.79 Å². The third kappa shape index (κ3) is 3.74. The van der Waals surface area contributed by atoms with Gasteiger partial charge in [-0.1, -0.05) is 20.3 Å². The van der Waals surface area contributed by atoms with Gasteiger partial charge in [0.15, 0.2) is 0 Å². The number of unbranched alkanes of at least 4 members (excludes halogenated alkanes) is 1. The highest BCUT2D eigenvalue weighted by atomic mass is 16.5. The van der Waals surface area contributed by atoms with Crippen LogP contribution in [0.3, 0.4) is 0 Å². The summed E-state index contributed by atoms with van der Waals surface area (Å²) in [6.07, 6.45) is 2.97. The van der Waals surface area contributed by atoms with Crippen LogP contribution in [0.1, 0.15) is 38.9 Å². The highest BCUT2D eigenvalue weighted by Gasteiger charge is 2.14. The van der Waals surface area contributed by atoms with E-state index in [1.807, 2.05) is 22.8 Å². The van der Waals surface area contributed by atoms with E-state index >= 15 is 0 Å². The Balaban J connectivity index is 2.37. The number of aryl methyl sites for hydroxylation is 1. The van der Waals surface area contributed by atoms with E-state index in [1.54, 1.807) is 0 Å². The van der Waals surface area contributed by atoms with E-state index in [0.717, 1.165) is 42.6 Å². The van der Waals surface area contributed by atoms with Gasteiger partial charge < -0.3 is 14.4 Å². The molecule has 1 aromatic heterocycles. The molecule has 0 aliphatic carbocycles. The van der Waals surface area contributed by atoms with Crippen molar-refractivity contribution in [3.8, 4) is 5.75 Å². The number of aliphatic carboxylic acids is 1. The lowest BCUT2D eigenvalue weighted by atomic mass is 10.2. The maximum atomic E-state index is 11.0. The first-order valence-corrected chi connectivity index (χ1v) is 7.49. The number of nitrogens with zero attached hydrogens (tertiary/aromatic N) is 2. The molecule has 114 valence electrons. The van der Waals surface area contributed by atoms with Crippen LogP contribution in [0, 0.1) is 0 Å². The summed E-state index contributed by atoms with van der Waals surface area (Å²) >= 11 is 0. The Bertz CT molecular complexity index is 619. The zero-order valence-corrected chi connectivity index (χ0v) is 12.6. The molecule has 0 spiro atoms. The van der Waals surface area contributed by atoms with E-state index in [2.05, 4.69) is 18.8 Å². The Morgan fingerprint density at radius 1 is 1.33 bits per heavy atom. The Labute approximate surface area is 124 Å². The van der Waals surface area contributed by atoms with Gasteiger partial charge in [-0.2, -0.15) is 0 Å². The molecule has 0 radical (unpaired) electrons. The molecule has 0 amide bonds. The molecule has 0 saturated heterocycles. The first-order valence-electron chi connectivity index (χ1n) is 7.49. The zero-order valence-electron chi connectivity index (χ0n) is 12.6. The van der Waals surface area contributed by atoms with Gasteiger partial charge >= 0.3 is 5.97 Å². The standard InChI is InChI=1S/C16H22N2O3/c1-3-5-8-18-14-7-6-12(21-9-4-2)10-13(14)17-15(18)11-16(19)20/h6-7,10H,3-5,8-9,11H2,1-2H3,(H,19,20). The monoisotopic (exact) mass is 290 g/mol. The van der Waals surface area contributed by atoms with Crippen LogP contribution >= 0.6 is 0 Å². The summed E-state index contributed by atoms with van der Waals surface area (Å²) in [6.45, 7) is 5.64. The minimum Gasteiger partial charge on any atom is -0.494 e. The van der Waals surface area contributed by atoms with Crippen LogP contribution < -0.4 is 4.74 Å². The minimum absolute atomic E-state index is 0.0520.